The fraction of sp³-hybridized carbons (Fsp3) is 0.500. The van der Waals surface area contributed by atoms with Crippen molar-refractivity contribution >= 4 is 11.7 Å². The third kappa shape index (κ3) is 4.19. The van der Waals surface area contributed by atoms with Gasteiger partial charge in [-0.2, -0.15) is 13.2 Å². The van der Waals surface area contributed by atoms with Crippen LogP contribution in [0, 0.1) is 0 Å². The fourth-order valence-electron chi connectivity index (χ4n) is 1.97. The Morgan fingerprint density at radius 3 is 2.59 bits per heavy atom. The van der Waals surface area contributed by atoms with Crippen LogP contribution in [-0.2, 0) is 15.8 Å². The second kappa shape index (κ2) is 6.33. The number of alkyl halides is 3. The Labute approximate surface area is 125 Å². The molecule has 1 aromatic heterocycles. The van der Waals surface area contributed by atoms with Gasteiger partial charge in [-0.3, -0.25) is 4.79 Å². The number of ether oxygens (including phenoxy) is 1. The van der Waals surface area contributed by atoms with Crippen LogP contribution in [-0.4, -0.2) is 40.8 Å². The van der Waals surface area contributed by atoms with Crippen LogP contribution in [0.5, 0.6) is 5.88 Å². The Morgan fingerprint density at radius 2 is 2.00 bits per heavy atom. The van der Waals surface area contributed by atoms with Gasteiger partial charge >= 0.3 is 6.18 Å². The smallest absolute Gasteiger partial charge is 0.433 e. The van der Waals surface area contributed by atoms with E-state index in [0.717, 1.165) is 6.07 Å². The highest BCUT2D eigenvalue weighted by Gasteiger charge is 2.34. The predicted octanol–water partition coefficient (Wildman–Crippen LogP) is 2.06. The molecule has 0 radical (unpaired) electrons. The summed E-state index contributed by atoms with van der Waals surface area (Å²) in [6.07, 6.45) is -4.56. The van der Waals surface area contributed by atoms with E-state index in [1.807, 2.05) is 0 Å². The molecule has 22 heavy (non-hydrogen) atoms. The topological polar surface area (TPSA) is 59.5 Å². The van der Waals surface area contributed by atoms with Crippen molar-refractivity contribution in [1.82, 2.24) is 9.88 Å². The molecule has 1 amide bonds. The van der Waals surface area contributed by atoms with Crippen molar-refractivity contribution in [1.29, 1.82) is 0 Å². The number of halogens is 3. The molecule has 0 bridgehead atoms. The molecule has 2 heterocycles. The van der Waals surface area contributed by atoms with Gasteiger partial charge in [0, 0.05) is 18.9 Å². The molecular formula is C14H15F3N2O3. The van der Waals surface area contributed by atoms with Gasteiger partial charge in [0.2, 0.25) is 11.8 Å². The number of amides is 1. The van der Waals surface area contributed by atoms with Crippen molar-refractivity contribution < 1.29 is 27.5 Å². The Bertz CT molecular complexity index is 569. The summed E-state index contributed by atoms with van der Waals surface area (Å²) in [4.78, 5) is 27.4. The number of carbonyl (C=O) groups excluding carboxylic acids is 2. The SMILES string of the molecule is CC(=O)CCC(=O)N1CC(Oc2cccc(C(F)(F)F)n2)C1. The first kappa shape index (κ1) is 16.3. The van der Waals surface area contributed by atoms with E-state index in [0.29, 0.717) is 0 Å². The summed E-state index contributed by atoms with van der Waals surface area (Å²) in [6, 6.07) is 3.43. The molecule has 1 aliphatic rings. The van der Waals surface area contributed by atoms with Crippen LogP contribution in [0.3, 0.4) is 0 Å². The second-order valence-electron chi connectivity index (χ2n) is 5.10. The number of hydrogen-bond donors (Lipinski definition) is 0. The number of aromatic nitrogens is 1. The Hall–Kier alpha value is -2.12. The molecule has 0 N–H and O–H groups in total. The van der Waals surface area contributed by atoms with Crippen molar-refractivity contribution in [2.75, 3.05) is 13.1 Å². The molecule has 8 heteroatoms. The molecule has 1 aliphatic heterocycles. The number of likely N-dealkylation sites (tertiary alicyclic amines) is 1. The number of Topliss-reactive ketones (excluding diaryl/α,β-unsaturated/α-hetero) is 1. The summed E-state index contributed by atoms with van der Waals surface area (Å²) < 4.78 is 42.9. The first-order valence-electron chi connectivity index (χ1n) is 6.74. The number of nitrogens with zero attached hydrogens (tertiary/aromatic N) is 2. The lowest BCUT2D eigenvalue weighted by Gasteiger charge is -2.38. The van der Waals surface area contributed by atoms with Crippen LogP contribution in [0.25, 0.3) is 0 Å². The zero-order valence-electron chi connectivity index (χ0n) is 11.9. The van der Waals surface area contributed by atoms with Crippen LogP contribution in [0.4, 0.5) is 13.2 Å². The number of rotatable bonds is 5. The Balaban J connectivity index is 1.83. The van der Waals surface area contributed by atoms with Gasteiger partial charge in [-0.1, -0.05) is 6.07 Å². The average molecular weight is 316 g/mol. The van der Waals surface area contributed by atoms with Crippen LogP contribution in [0.2, 0.25) is 0 Å². The molecule has 2 rings (SSSR count). The van der Waals surface area contributed by atoms with E-state index in [9.17, 15) is 22.8 Å². The molecule has 120 valence electrons. The molecule has 0 aromatic carbocycles. The zero-order valence-corrected chi connectivity index (χ0v) is 11.9. The first-order chi connectivity index (χ1) is 10.3. The molecule has 5 nitrogen and oxygen atoms in total. The maximum Gasteiger partial charge on any atom is 0.433 e. The molecule has 1 aromatic rings. The van der Waals surface area contributed by atoms with Crippen molar-refractivity contribution in [2.24, 2.45) is 0 Å². The van der Waals surface area contributed by atoms with Crippen molar-refractivity contribution in [2.45, 2.75) is 32.0 Å². The molecule has 0 saturated carbocycles. The highest BCUT2D eigenvalue weighted by atomic mass is 19.4. The molecule has 1 fully saturated rings. The summed E-state index contributed by atoms with van der Waals surface area (Å²) in [5.74, 6) is -0.336. The number of carbonyl (C=O) groups is 2. The predicted molar refractivity (Wildman–Crippen MR) is 70.2 cm³/mol. The minimum Gasteiger partial charge on any atom is -0.471 e. The van der Waals surface area contributed by atoms with E-state index in [-0.39, 0.29) is 49.6 Å². The molecule has 0 unspecified atom stereocenters. The molecule has 0 atom stereocenters. The summed E-state index contributed by atoms with van der Waals surface area (Å²) >= 11 is 0. The summed E-state index contributed by atoms with van der Waals surface area (Å²) in [5.41, 5.74) is -1.02. The van der Waals surface area contributed by atoms with Crippen LogP contribution < -0.4 is 4.74 Å². The molecule has 1 saturated heterocycles. The quantitative estimate of drug-likeness (QED) is 0.834. The Kier molecular flexibility index (Phi) is 4.68. The van der Waals surface area contributed by atoms with Gasteiger partial charge in [0.15, 0.2) is 0 Å². The highest BCUT2D eigenvalue weighted by molar-refractivity contribution is 5.84. The van der Waals surface area contributed by atoms with Crippen molar-refractivity contribution in [3.05, 3.63) is 23.9 Å². The maximum atomic E-state index is 12.5. The van der Waals surface area contributed by atoms with Gasteiger partial charge in [-0.05, 0) is 13.0 Å². The highest BCUT2D eigenvalue weighted by Crippen LogP contribution is 2.29. The zero-order chi connectivity index (χ0) is 16.3. The lowest BCUT2D eigenvalue weighted by Crippen LogP contribution is -2.56. The normalized spacial score (nSPS) is 15.4. The maximum absolute atomic E-state index is 12.5. The summed E-state index contributed by atoms with van der Waals surface area (Å²) in [6.45, 7) is 1.98. The van der Waals surface area contributed by atoms with Crippen molar-refractivity contribution in [3.63, 3.8) is 0 Å². The van der Waals surface area contributed by atoms with Gasteiger partial charge in [0.05, 0.1) is 13.1 Å². The minimum atomic E-state index is -4.52. The minimum absolute atomic E-state index is 0.0603. The van der Waals surface area contributed by atoms with E-state index >= 15 is 0 Å². The third-order valence-corrected chi connectivity index (χ3v) is 3.19. The van der Waals surface area contributed by atoms with E-state index in [2.05, 4.69) is 4.98 Å². The fourth-order valence-corrected chi connectivity index (χ4v) is 1.97. The third-order valence-electron chi connectivity index (χ3n) is 3.19. The van der Waals surface area contributed by atoms with Gasteiger partial charge in [0.25, 0.3) is 0 Å². The molecular weight excluding hydrogens is 301 g/mol. The first-order valence-corrected chi connectivity index (χ1v) is 6.74. The molecule has 0 aliphatic carbocycles. The second-order valence-corrected chi connectivity index (χ2v) is 5.10. The lowest BCUT2D eigenvalue weighted by molar-refractivity contribution is -0.142. The number of ketones is 1. The molecule has 0 spiro atoms. The van der Waals surface area contributed by atoms with E-state index in [4.69, 9.17) is 4.74 Å². The van der Waals surface area contributed by atoms with E-state index in [1.165, 1.54) is 24.0 Å². The van der Waals surface area contributed by atoms with Crippen LogP contribution >= 0.6 is 0 Å². The Morgan fingerprint density at radius 1 is 1.32 bits per heavy atom. The van der Waals surface area contributed by atoms with Gasteiger partial charge < -0.3 is 14.4 Å². The van der Waals surface area contributed by atoms with E-state index < -0.39 is 11.9 Å². The van der Waals surface area contributed by atoms with Crippen LogP contribution in [0.1, 0.15) is 25.5 Å². The number of pyridine rings is 1. The van der Waals surface area contributed by atoms with E-state index in [1.54, 1.807) is 0 Å². The van der Waals surface area contributed by atoms with Crippen LogP contribution in [0.15, 0.2) is 18.2 Å². The van der Waals surface area contributed by atoms with Gasteiger partial charge in [0.1, 0.15) is 17.6 Å². The van der Waals surface area contributed by atoms with Gasteiger partial charge in [-0.15, -0.1) is 0 Å². The summed E-state index contributed by atoms with van der Waals surface area (Å²) in [5, 5.41) is 0. The summed E-state index contributed by atoms with van der Waals surface area (Å²) in [7, 11) is 0. The monoisotopic (exact) mass is 316 g/mol. The largest absolute Gasteiger partial charge is 0.471 e. The van der Waals surface area contributed by atoms with Gasteiger partial charge in [-0.25, -0.2) is 4.98 Å². The van der Waals surface area contributed by atoms with Crippen molar-refractivity contribution in [3.8, 4) is 5.88 Å². The standard InChI is InChI=1S/C14H15F3N2O3/c1-9(20)5-6-13(21)19-7-10(8-19)22-12-4-2-3-11(18-12)14(15,16)17/h2-4,10H,5-8H2,1H3. The average Bonchev–Trinajstić information content (AvgIpc) is 2.39. The number of hydrogen-bond acceptors (Lipinski definition) is 4. The lowest BCUT2D eigenvalue weighted by atomic mass is 10.1.